The molecule has 0 amide bonds. The summed E-state index contributed by atoms with van der Waals surface area (Å²) in [4.78, 5) is 0.191. The Morgan fingerprint density at radius 3 is 2.24 bits per heavy atom. The van der Waals surface area contributed by atoms with E-state index in [1.54, 1.807) is 0 Å². The van der Waals surface area contributed by atoms with Gasteiger partial charge in [0.15, 0.2) is 9.84 Å². The number of hydrogen-bond acceptors (Lipinski definition) is 4. The van der Waals surface area contributed by atoms with Gasteiger partial charge in [0, 0.05) is 5.56 Å². The first-order valence-electron chi connectivity index (χ1n) is 5.89. The van der Waals surface area contributed by atoms with Gasteiger partial charge in [0.2, 0.25) is 0 Å². The molecule has 1 aromatic carbocycles. The molecule has 0 radical (unpaired) electrons. The van der Waals surface area contributed by atoms with Gasteiger partial charge in [0.05, 0.1) is 30.3 Å². The van der Waals surface area contributed by atoms with Gasteiger partial charge in [-0.1, -0.05) is 24.4 Å². The van der Waals surface area contributed by atoms with Gasteiger partial charge in [-0.15, -0.1) is 0 Å². The van der Waals surface area contributed by atoms with Crippen molar-refractivity contribution >= 4 is 27.0 Å². The van der Waals surface area contributed by atoms with Crippen LogP contribution >= 0.6 is 12.2 Å². The second kappa shape index (κ2) is 7.19. The molecule has 0 aliphatic carbocycles. The average Bonchev–Trinajstić information content (AvgIpc) is 2.37. The first-order chi connectivity index (χ1) is 9.62. The SMILES string of the molecule is NC(=S)c1ccc(S(=O)(=O)CCOCCC(F)(F)F)cc1. The topological polar surface area (TPSA) is 69.4 Å². The molecule has 0 fully saturated rings. The number of ether oxygens (including phenoxy) is 1. The Kier molecular flexibility index (Phi) is 6.11. The molecule has 0 aliphatic heterocycles. The van der Waals surface area contributed by atoms with E-state index < -0.39 is 34.8 Å². The molecule has 21 heavy (non-hydrogen) atoms. The third kappa shape index (κ3) is 6.40. The molecule has 0 aromatic heterocycles. The van der Waals surface area contributed by atoms with E-state index in [1.165, 1.54) is 24.3 Å². The van der Waals surface area contributed by atoms with Crippen LogP contribution in [-0.4, -0.2) is 38.5 Å². The minimum Gasteiger partial charge on any atom is -0.389 e. The molecule has 0 saturated heterocycles. The summed E-state index contributed by atoms with van der Waals surface area (Å²) in [6.07, 6.45) is -5.41. The highest BCUT2D eigenvalue weighted by atomic mass is 32.2. The molecule has 4 nitrogen and oxygen atoms in total. The van der Waals surface area contributed by atoms with E-state index in [9.17, 15) is 21.6 Å². The predicted molar refractivity (Wildman–Crippen MR) is 75.9 cm³/mol. The third-order valence-electron chi connectivity index (χ3n) is 2.52. The summed E-state index contributed by atoms with van der Waals surface area (Å²) in [5.74, 6) is -0.392. The number of rotatable bonds is 7. The highest BCUT2D eigenvalue weighted by Gasteiger charge is 2.26. The van der Waals surface area contributed by atoms with Crippen LogP contribution in [-0.2, 0) is 14.6 Å². The normalized spacial score (nSPS) is 12.3. The molecule has 1 rings (SSSR count). The minimum absolute atomic E-state index is 0.0434. The molecular formula is C12H14F3NO3S2. The second-order valence-electron chi connectivity index (χ2n) is 4.19. The molecule has 0 unspecified atom stereocenters. The van der Waals surface area contributed by atoms with Gasteiger partial charge in [-0.2, -0.15) is 13.2 Å². The van der Waals surface area contributed by atoms with Crippen LogP contribution in [0.25, 0.3) is 0 Å². The van der Waals surface area contributed by atoms with E-state index in [1.807, 2.05) is 0 Å². The summed E-state index contributed by atoms with van der Waals surface area (Å²) in [7, 11) is -3.61. The number of halogens is 3. The Bertz CT molecular complexity index is 583. The van der Waals surface area contributed by atoms with E-state index in [0.717, 1.165) is 0 Å². The Morgan fingerprint density at radius 1 is 1.19 bits per heavy atom. The highest BCUT2D eigenvalue weighted by Crippen LogP contribution is 2.19. The molecule has 0 heterocycles. The first kappa shape index (κ1) is 17.9. The van der Waals surface area contributed by atoms with Crippen molar-refractivity contribution in [2.45, 2.75) is 17.5 Å². The zero-order valence-electron chi connectivity index (χ0n) is 10.9. The lowest BCUT2D eigenvalue weighted by Crippen LogP contribution is -2.16. The van der Waals surface area contributed by atoms with Crippen LogP contribution in [0.4, 0.5) is 13.2 Å². The van der Waals surface area contributed by atoms with E-state index in [2.05, 4.69) is 4.74 Å². The van der Waals surface area contributed by atoms with Gasteiger partial charge in [-0.25, -0.2) is 8.42 Å². The Hall–Kier alpha value is -1.19. The lowest BCUT2D eigenvalue weighted by atomic mass is 10.2. The van der Waals surface area contributed by atoms with Crippen molar-refractivity contribution in [2.75, 3.05) is 19.0 Å². The Labute approximate surface area is 126 Å². The first-order valence-corrected chi connectivity index (χ1v) is 7.95. The molecule has 0 aliphatic rings. The van der Waals surface area contributed by atoms with Gasteiger partial charge in [0.25, 0.3) is 0 Å². The van der Waals surface area contributed by atoms with Gasteiger partial charge in [-0.05, 0) is 12.1 Å². The van der Waals surface area contributed by atoms with Crippen molar-refractivity contribution in [3.05, 3.63) is 29.8 Å². The highest BCUT2D eigenvalue weighted by molar-refractivity contribution is 7.91. The summed E-state index contributed by atoms with van der Waals surface area (Å²) in [6, 6.07) is 5.64. The lowest BCUT2D eigenvalue weighted by Gasteiger charge is -2.08. The van der Waals surface area contributed by atoms with Crippen LogP contribution in [0.1, 0.15) is 12.0 Å². The average molecular weight is 341 g/mol. The fraction of sp³-hybridized carbons (Fsp3) is 0.417. The minimum atomic E-state index is -4.31. The fourth-order valence-corrected chi connectivity index (χ4v) is 2.66. The Morgan fingerprint density at radius 2 is 1.76 bits per heavy atom. The van der Waals surface area contributed by atoms with Crippen molar-refractivity contribution in [1.29, 1.82) is 0 Å². The quantitative estimate of drug-likeness (QED) is 0.607. The molecule has 118 valence electrons. The number of nitrogens with two attached hydrogens (primary N) is 1. The van der Waals surface area contributed by atoms with Gasteiger partial charge < -0.3 is 10.5 Å². The van der Waals surface area contributed by atoms with Crippen LogP contribution in [0.5, 0.6) is 0 Å². The molecular weight excluding hydrogens is 327 g/mol. The predicted octanol–water partition coefficient (Wildman–Crippen LogP) is 2.06. The molecule has 9 heteroatoms. The maximum atomic E-state index is 11.9. The standard InChI is InChI=1S/C12H14F3NO3S2/c13-12(14,15)5-6-19-7-8-21(17,18)10-3-1-9(2-4-10)11(16)20/h1-4H,5-8H2,(H2,16,20). The maximum Gasteiger partial charge on any atom is 0.391 e. The Balaban J connectivity index is 2.52. The summed E-state index contributed by atoms with van der Waals surface area (Å²) >= 11 is 4.74. The second-order valence-corrected chi connectivity index (χ2v) is 6.73. The largest absolute Gasteiger partial charge is 0.391 e. The monoisotopic (exact) mass is 341 g/mol. The van der Waals surface area contributed by atoms with E-state index in [0.29, 0.717) is 5.56 Å². The molecule has 0 spiro atoms. The summed E-state index contributed by atoms with van der Waals surface area (Å²) in [5, 5.41) is 0. The summed E-state index contributed by atoms with van der Waals surface area (Å²) in [6.45, 7) is -0.852. The van der Waals surface area contributed by atoms with Crippen molar-refractivity contribution < 1.29 is 26.3 Å². The summed E-state index contributed by atoms with van der Waals surface area (Å²) in [5.41, 5.74) is 5.92. The van der Waals surface area contributed by atoms with Gasteiger partial charge >= 0.3 is 6.18 Å². The molecule has 0 saturated carbocycles. The maximum absolute atomic E-state index is 11.9. The van der Waals surface area contributed by atoms with Crippen molar-refractivity contribution in [1.82, 2.24) is 0 Å². The number of hydrogen-bond donors (Lipinski definition) is 1. The number of sulfone groups is 1. The van der Waals surface area contributed by atoms with Crippen molar-refractivity contribution in [3.8, 4) is 0 Å². The summed E-state index contributed by atoms with van der Waals surface area (Å²) < 4.78 is 64.1. The van der Waals surface area contributed by atoms with Crippen LogP contribution in [0.15, 0.2) is 29.2 Å². The van der Waals surface area contributed by atoms with Crippen molar-refractivity contribution in [3.63, 3.8) is 0 Å². The number of thiocarbonyl (C=S) groups is 1. The molecule has 0 atom stereocenters. The molecule has 0 bridgehead atoms. The van der Waals surface area contributed by atoms with E-state index >= 15 is 0 Å². The van der Waals surface area contributed by atoms with Crippen molar-refractivity contribution in [2.24, 2.45) is 5.73 Å². The lowest BCUT2D eigenvalue weighted by molar-refractivity contribution is -0.144. The number of alkyl halides is 3. The van der Waals surface area contributed by atoms with E-state index in [4.69, 9.17) is 18.0 Å². The third-order valence-corrected chi connectivity index (χ3v) is 4.45. The van der Waals surface area contributed by atoms with E-state index in [-0.39, 0.29) is 16.5 Å². The number of benzene rings is 1. The smallest absolute Gasteiger partial charge is 0.389 e. The van der Waals surface area contributed by atoms with Crippen LogP contribution in [0.3, 0.4) is 0 Å². The van der Waals surface area contributed by atoms with Gasteiger partial charge in [-0.3, -0.25) is 0 Å². The van der Waals surface area contributed by atoms with Crippen LogP contribution in [0, 0.1) is 0 Å². The van der Waals surface area contributed by atoms with Crippen LogP contribution in [0.2, 0.25) is 0 Å². The zero-order chi connectivity index (χ0) is 16.1. The molecule has 2 N–H and O–H groups in total. The van der Waals surface area contributed by atoms with Gasteiger partial charge in [0.1, 0.15) is 4.99 Å². The van der Waals surface area contributed by atoms with Crippen LogP contribution < -0.4 is 5.73 Å². The molecule has 1 aromatic rings. The fourth-order valence-electron chi connectivity index (χ4n) is 1.40. The zero-order valence-corrected chi connectivity index (χ0v) is 12.5.